The second-order valence-electron chi connectivity index (χ2n) is 5.43. The Labute approximate surface area is 126 Å². The fourth-order valence-corrected chi connectivity index (χ4v) is 3.91. The van der Waals surface area contributed by atoms with Crippen molar-refractivity contribution in [2.45, 2.75) is 44.1 Å². The Kier molecular flexibility index (Phi) is 5.00. The van der Waals surface area contributed by atoms with Crippen molar-refractivity contribution in [2.24, 2.45) is 0 Å². The molecule has 0 saturated carbocycles. The summed E-state index contributed by atoms with van der Waals surface area (Å²) in [4.78, 5) is 2.60. The number of nitrogens with zero attached hydrogens (tertiary/aromatic N) is 1. The third kappa shape index (κ3) is 3.67. The highest BCUT2D eigenvalue weighted by Gasteiger charge is 2.33. The summed E-state index contributed by atoms with van der Waals surface area (Å²) >= 11 is 0.873. The summed E-state index contributed by atoms with van der Waals surface area (Å²) in [6.07, 6.45) is -0.661. The first-order chi connectivity index (χ1) is 9.00. The molecule has 0 amide bonds. The maximum atomic E-state index is 12.6. The molecule has 2 unspecified atom stereocenters. The Morgan fingerprint density at radius 1 is 1.20 bits per heavy atom. The van der Waals surface area contributed by atoms with E-state index in [4.69, 9.17) is 0 Å². The first-order valence-electron chi connectivity index (χ1n) is 6.65. The predicted molar refractivity (Wildman–Crippen MR) is 76.4 cm³/mol. The van der Waals surface area contributed by atoms with Gasteiger partial charge in [-0.2, -0.15) is 13.2 Å². The molecule has 2 saturated heterocycles. The third-order valence-electron chi connectivity index (χ3n) is 3.93. The fraction of sp³-hybridized carbons (Fsp3) is 0.692. The van der Waals surface area contributed by atoms with E-state index >= 15 is 0 Å². The van der Waals surface area contributed by atoms with E-state index in [9.17, 15) is 13.2 Å². The van der Waals surface area contributed by atoms with Gasteiger partial charge in [-0.05, 0) is 31.4 Å². The van der Waals surface area contributed by atoms with Gasteiger partial charge in [0.05, 0.1) is 0 Å². The van der Waals surface area contributed by atoms with Gasteiger partial charge in [0.1, 0.15) is 4.88 Å². The first-order valence-corrected chi connectivity index (χ1v) is 7.46. The largest absolute Gasteiger partial charge is 0.425 e. The van der Waals surface area contributed by atoms with Crippen LogP contribution >= 0.6 is 23.7 Å². The van der Waals surface area contributed by atoms with Crippen LogP contribution in [0.4, 0.5) is 13.2 Å². The summed E-state index contributed by atoms with van der Waals surface area (Å²) in [5, 5.41) is 3.58. The minimum atomic E-state index is -4.21. The van der Waals surface area contributed by atoms with Gasteiger partial charge in [-0.3, -0.25) is 4.90 Å². The number of halogens is 4. The summed E-state index contributed by atoms with van der Waals surface area (Å²) in [6.45, 7) is 2.58. The average molecular weight is 327 g/mol. The van der Waals surface area contributed by atoms with Gasteiger partial charge >= 0.3 is 6.18 Å². The molecular formula is C13H18ClF3N2S. The molecule has 114 valence electrons. The number of hydrogen-bond acceptors (Lipinski definition) is 3. The van der Waals surface area contributed by atoms with Crippen LogP contribution in [0.1, 0.15) is 29.0 Å². The Balaban J connectivity index is 0.00000147. The van der Waals surface area contributed by atoms with E-state index in [1.807, 2.05) is 0 Å². The smallest absolute Gasteiger partial charge is 0.310 e. The highest BCUT2D eigenvalue weighted by atomic mass is 35.5. The second kappa shape index (κ2) is 6.22. The van der Waals surface area contributed by atoms with Crippen molar-refractivity contribution in [1.82, 2.24) is 10.2 Å². The number of hydrogen-bond donors (Lipinski definition) is 1. The van der Waals surface area contributed by atoms with Gasteiger partial charge in [0, 0.05) is 36.6 Å². The zero-order valence-corrected chi connectivity index (χ0v) is 12.6. The lowest BCUT2D eigenvalue weighted by Crippen LogP contribution is -2.34. The van der Waals surface area contributed by atoms with E-state index in [0.29, 0.717) is 18.6 Å². The van der Waals surface area contributed by atoms with Gasteiger partial charge < -0.3 is 5.32 Å². The maximum Gasteiger partial charge on any atom is 0.425 e. The normalized spacial score (nSPS) is 27.1. The molecule has 2 bridgehead atoms. The van der Waals surface area contributed by atoms with E-state index in [-0.39, 0.29) is 12.4 Å². The van der Waals surface area contributed by atoms with Gasteiger partial charge in [-0.15, -0.1) is 23.7 Å². The van der Waals surface area contributed by atoms with Crippen molar-refractivity contribution in [2.75, 3.05) is 13.1 Å². The van der Waals surface area contributed by atoms with Crippen molar-refractivity contribution in [3.05, 3.63) is 21.9 Å². The molecule has 2 aliphatic heterocycles. The number of thiophene rings is 1. The Morgan fingerprint density at radius 2 is 1.95 bits per heavy atom. The minimum Gasteiger partial charge on any atom is -0.310 e. The van der Waals surface area contributed by atoms with Crippen molar-refractivity contribution >= 4 is 23.7 Å². The molecule has 2 fully saturated rings. The van der Waals surface area contributed by atoms with E-state index in [1.165, 1.54) is 18.9 Å². The summed E-state index contributed by atoms with van der Waals surface area (Å²) in [6, 6.07) is 3.95. The van der Waals surface area contributed by atoms with Crippen LogP contribution in [0, 0.1) is 0 Å². The SMILES string of the molecule is Cl.FC(F)(F)c1ccc(CN2CCC3CCC(C2)N3)s1. The molecule has 3 rings (SSSR count). The van der Waals surface area contributed by atoms with Crippen LogP contribution in [0.2, 0.25) is 0 Å². The highest BCUT2D eigenvalue weighted by molar-refractivity contribution is 7.12. The lowest BCUT2D eigenvalue weighted by Gasteiger charge is -2.23. The maximum absolute atomic E-state index is 12.6. The topological polar surface area (TPSA) is 15.3 Å². The first kappa shape index (κ1) is 16.1. The lowest BCUT2D eigenvalue weighted by atomic mass is 10.1. The van der Waals surface area contributed by atoms with Gasteiger partial charge in [0.25, 0.3) is 0 Å². The number of fused-ring (bicyclic) bond motifs is 2. The van der Waals surface area contributed by atoms with Gasteiger partial charge in [-0.25, -0.2) is 0 Å². The van der Waals surface area contributed by atoms with E-state index in [2.05, 4.69) is 10.2 Å². The summed E-state index contributed by atoms with van der Waals surface area (Å²) in [5.74, 6) is 0. The summed E-state index contributed by atoms with van der Waals surface area (Å²) < 4.78 is 37.7. The molecule has 2 nitrogen and oxygen atoms in total. The van der Waals surface area contributed by atoms with Crippen molar-refractivity contribution in [3.8, 4) is 0 Å². The summed E-state index contributed by atoms with van der Waals surface area (Å²) in [7, 11) is 0. The highest BCUT2D eigenvalue weighted by Crippen LogP contribution is 2.35. The van der Waals surface area contributed by atoms with Crippen molar-refractivity contribution in [1.29, 1.82) is 0 Å². The number of likely N-dealkylation sites (tertiary alicyclic amines) is 1. The molecule has 0 spiro atoms. The standard InChI is InChI=1S/C13H17F3N2S.ClH/c14-13(15,16)12-4-3-11(19-12)8-18-6-5-9-1-2-10(7-18)17-9;/h3-4,9-10,17H,1-2,5-8H2;1H. The van der Waals surface area contributed by atoms with Crippen LogP contribution in [-0.4, -0.2) is 30.1 Å². The molecule has 1 aromatic heterocycles. The van der Waals surface area contributed by atoms with Crippen molar-refractivity contribution in [3.63, 3.8) is 0 Å². The molecule has 1 aromatic rings. The van der Waals surface area contributed by atoms with Crippen LogP contribution in [0.5, 0.6) is 0 Å². The van der Waals surface area contributed by atoms with Crippen LogP contribution in [0.25, 0.3) is 0 Å². The van der Waals surface area contributed by atoms with Gasteiger partial charge in [0.15, 0.2) is 0 Å². The Bertz CT molecular complexity index is 449. The van der Waals surface area contributed by atoms with Gasteiger partial charge in [0.2, 0.25) is 0 Å². The van der Waals surface area contributed by atoms with Gasteiger partial charge in [-0.1, -0.05) is 0 Å². The number of nitrogens with one attached hydrogen (secondary N) is 1. The zero-order valence-electron chi connectivity index (χ0n) is 10.9. The number of rotatable bonds is 2. The molecule has 0 aromatic carbocycles. The Hall–Kier alpha value is -0.300. The fourth-order valence-electron chi connectivity index (χ4n) is 2.99. The molecule has 0 aliphatic carbocycles. The third-order valence-corrected chi connectivity index (χ3v) is 5.04. The molecule has 3 heterocycles. The quantitative estimate of drug-likeness (QED) is 0.894. The molecular weight excluding hydrogens is 309 g/mol. The summed E-state index contributed by atoms with van der Waals surface area (Å²) in [5.41, 5.74) is 0. The molecule has 20 heavy (non-hydrogen) atoms. The number of alkyl halides is 3. The van der Waals surface area contributed by atoms with Crippen LogP contribution in [0.3, 0.4) is 0 Å². The second-order valence-corrected chi connectivity index (χ2v) is 6.59. The monoisotopic (exact) mass is 326 g/mol. The van der Waals surface area contributed by atoms with Crippen molar-refractivity contribution < 1.29 is 13.2 Å². The van der Waals surface area contributed by atoms with E-state index in [1.54, 1.807) is 6.07 Å². The molecule has 0 radical (unpaired) electrons. The minimum absolute atomic E-state index is 0. The molecule has 2 aliphatic rings. The zero-order chi connectivity index (χ0) is 13.5. The average Bonchev–Trinajstić information content (AvgIpc) is 2.88. The van der Waals surface area contributed by atoms with Crippen LogP contribution in [0.15, 0.2) is 12.1 Å². The predicted octanol–water partition coefficient (Wildman–Crippen LogP) is 3.52. The lowest BCUT2D eigenvalue weighted by molar-refractivity contribution is -0.134. The molecule has 7 heteroatoms. The van der Waals surface area contributed by atoms with Crippen LogP contribution in [-0.2, 0) is 12.7 Å². The van der Waals surface area contributed by atoms with E-state index in [0.717, 1.165) is 35.7 Å². The van der Waals surface area contributed by atoms with E-state index < -0.39 is 11.1 Å². The van der Waals surface area contributed by atoms with Crippen LogP contribution < -0.4 is 5.32 Å². The molecule has 1 N–H and O–H groups in total. The molecule has 2 atom stereocenters. The Morgan fingerprint density at radius 3 is 2.65 bits per heavy atom.